The normalized spacial score (nSPS) is 15.6. The number of carbonyl (C=O) groups is 2. The fourth-order valence-corrected chi connectivity index (χ4v) is 1.99. The van der Waals surface area contributed by atoms with Crippen LogP contribution in [0, 0.1) is 0 Å². The molecule has 1 fully saturated rings. The highest BCUT2D eigenvalue weighted by Crippen LogP contribution is 2.08. The maximum absolute atomic E-state index is 12.1. The molecule has 1 aromatic heterocycles. The fourth-order valence-electron chi connectivity index (χ4n) is 1.99. The number of piperidine rings is 1. The van der Waals surface area contributed by atoms with Crippen LogP contribution >= 0.6 is 0 Å². The standard InChI is InChI=1S/C12H15N3O2/c13-11(16)10-5-4-8-15(9-10)12(17)14-6-2-1-3-7-14/h4-5,8-9H,1-3,6-7H2,(H-,13,16)/p+1. The summed E-state index contributed by atoms with van der Waals surface area (Å²) in [6, 6.07) is 3.16. The molecule has 0 radical (unpaired) electrons. The maximum Gasteiger partial charge on any atom is 0.497 e. The highest BCUT2D eigenvalue weighted by molar-refractivity contribution is 5.92. The van der Waals surface area contributed by atoms with Crippen LogP contribution in [-0.2, 0) is 0 Å². The summed E-state index contributed by atoms with van der Waals surface area (Å²) in [5.74, 6) is -0.522. The lowest BCUT2D eigenvalue weighted by atomic mass is 10.1. The summed E-state index contributed by atoms with van der Waals surface area (Å²) in [5.41, 5.74) is 5.53. The Morgan fingerprint density at radius 1 is 1.24 bits per heavy atom. The summed E-state index contributed by atoms with van der Waals surface area (Å²) in [6.45, 7) is 1.57. The van der Waals surface area contributed by atoms with Gasteiger partial charge < -0.3 is 5.73 Å². The Morgan fingerprint density at radius 3 is 2.59 bits per heavy atom. The van der Waals surface area contributed by atoms with Gasteiger partial charge >= 0.3 is 6.03 Å². The van der Waals surface area contributed by atoms with Crippen molar-refractivity contribution in [2.24, 2.45) is 5.73 Å². The zero-order valence-corrected chi connectivity index (χ0v) is 9.63. The van der Waals surface area contributed by atoms with Gasteiger partial charge in [0.1, 0.15) is 6.20 Å². The van der Waals surface area contributed by atoms with E-state index >= 15 is 0 Å². The minimum atomic E-state index is -0.522. The van der Waals surface area contributed by atoms with E-state index in [1.54, 1.807) is 23.2 Å². The number of pyridine rings is 1. The van der Waals surface area contributed by atoms with E-state index in [4.69, 9.17) is 5.73 Å². The van der Waals surface area contributed by atoms with E-state index in [-0.39, 0.29) is 6.03 Å². The average molecular weight is 234 g/mol. The molecule has 5 heteroatoms. The van der Waals surface area contributed by atoms with E-state index in [2.05, 4.69) is 0 Å². The Morgan fingerprint density at radius 2 is 1.94 bits per heavy atom. The van der Waals surface area contributed by atoms with Crippen molar-refractivity contribution in [2.45, 2.75) is 19.3 Å². The molecule has 0 aliphatic carbocycles. The van der Waals surface area contributed by atoms with Gasteiger partial charge in [0.15, 0.2) is 0 Å². The Labute approximate surface area is 99.8 Å². The van der Waals surface area contributed by atoms with Gasteiger partial charge in [0, 0.05) is 0 Å². The first kappa shape index (κ1) is 11.6. The van der Waals surface area contributed by atoms with Gasteiger partial charge in [0.2, 0.25) is 0 Å². The minimum Gasteiger partial charge on any atom is -0.365 e. The summed E-state index contributed by atoms with van der Waals surface area (Å²) in [7, 11) is 0. The van der Waals surface area contributed by atoms with E-state index in [1.165, 1.54) is 17.2 Å². The van der Waals surface area contributed by atoms with Crippen LogP contribution in [0.2, 0.25) is 0 Å². The SMILES string of the molecule is NC(=O)c1ccc[n+](C(=O)N2CCCCC2)c1. The predicted octanol–water partition coefficient (Wildman–Crippen LogP) is 0.527. The number of hydrogen-bond acceptors (Lipinski definition) is 2. The Hall–Kier alpha value is -1.91. The lowest BCUT2D eigenvalue weighted by Crippen LogP contribution is -2.53. The molecule has 0 unspecified atom stereocenters. The zero-order chi connectivity index (χ0) is 12.3. The number of nitrogens with zero attached hydrogens (tertiary/aromatic N) is 2. The molecule has 1 saturated heterocycles. The molecule has 0 atom stereocenters. The highest BCUT2D eigenvalue weighted by Gasteiger charge is 2.26. The average Bonchev–Trinajstić information content (AvgIpc) is 2.39. The van der Waals surface area contributed by atoms with Gasteiger partial charge in [-0.15, -0.1) is 0 Å². The van der Waals surface area contributed by atoms with Crippen molar-refractivity contribution in [3.8, 4) is 0 Å². The second-order valence-corrected chi connectivity index (χ2v) is 4.19. The molecular weight excluding hydrogens is 218 g/mol. The lowest BCUT2D eigenvalue weighted by Gasteiger charge is -2.19. The summed E-state index contributed by atoms with van der Waals surface area (Å²) in [6.07, 6.45) is 6.39. The topological polar surface area (TPSA) is 67.3 Å². The van der Waals surface area contributed by atoms with Crippen LogP contribution in [-0.4, -0.2) is 29.9 Å². The second-order valence-electron chi connectivity index (χ2n) is 4.19. The van der Waals surface area contributed by atoms with Crippen LogP contribution in [0.4, 0.5) is 4.79 Å². The molecule has 90 valence electrons. The lowest BCUT2D eigenvalue weighted by molar-refractivity contribution is -0.578. The molecule has 17 heavy (non-hydrogen) atoms. The van der Waals surface area contributed by atoms with Gasteiger partial charge in [-0.2, -0.15) is 9.36 Å². The van der Waals surface area contributed by atoms with Crippen molar-refractivity contribution in [1.29, 1.82) is 0 Å². The molecule has 1 aliphatic heterocycles. The van der Waals surface area contributed by atoms with Crippen molar-refractivity contribution >= 4 is 11.9 Å². The van der Waals surface area contributed by atoms with E-state index < -0.39 is 5.91 Å². The smallest absolute Gasteiger partial charge is 0.365 e. The Kier molecular flexibility index (Phi) is 3.37. The molecule has 0 bridgehead atoms. The van der Waals surface area contributed by atoms with Crippen LogP contribution in [0.25, 0.3) is 0 Å². The molecule has 5 nitrogen and oxygen atoms in total. The summed E-state index contributed by atoms with van der Waals surface area (Å²) in [5, 5.41) is 0. The third-order valence-corrected chi connectivity index (χ3v) is 2.93. The van der Waals surface area contributed by atoms with E-state index in [9.17, 15) is 9.59 Å². The molecule has 1 aromatic rings. The maximum atomic E-state index is 12.1. The molecule has 0 aromatic carbocycles. The first-order valence-corrected chi connectivity index (χ1v) is 5.79. The molecule has 1 aliphatic rings. The zero-order valence-electron chi connectivity index (χ0n) is 9.63. The summed E-state index contributed by atoms with van der Waals surface area (Å²) in [4.78, 5) is 24.9. The van der Waals surface area contributed by atoms with Crippen LogP contribution in [0.3, 0.4) is 0 Å². The quantitative estimate of drug-likeness (QED) is 0.720. The first-order valence-electron chi connectivity index (χ1n) is 5.79. The van der Waals surface area contributed by atoms with E-state index in [0.717, 1.165) is 25.9 Å². The molecule has 2 heterocycles. The molecule has 0 saturated carbocycles. The van der Waals surface area contributed by atoms with Gasteiger partial charge in [-0.1, -0.05) is 0 Å². The van der Waals surface area contributed by atoms with E-state index in [0.29, 0.717) is 5.56 Å². The van der Waals surface area contributed by atoms with E-state index in [1.807, 2.05) is 0 Å². The van der Waals surface area contributed by atoms with Gasteiger partial charge in [-0.3, -0.25) is 4.79 Å². The highest BCUT2D eigenvalue weighted by atomic mass is 16.2. The first-order chi connectivity index (χ1) is 8.18. The molecular formula is C12H16N3O2+. The van der Waals surface area contributed by atoms with Crippen LogP contribution in [0.15, 0.2) is 24.5 Å². The number of aromatic nitrogens is 1. The minimum absolute atomic E-state index is 0.0900. The number of carbonyl (C=O) groups excluding carboxylic acids is 2. The van der Waals surface area contributed by atoms with Crippen molar-refractivity contribution < 1.29 is 14.2 Å². The largest absolute Gasteiger partial charge is 0.497 e. The van der Waals surface area contributed by atoms with Gasteiger partial charge in [0.05, 0.1) is 24.8 Å². The van der Waals surface area contributed by atoms with Crippen LogP contribution in [0.5, 0.6) is 0 Å². The molecule has 0 spiro atoms. The Bertz CT molecular complexity index is 439. The molecule has 2 amide bonds. The number of primary amides is 1. The van der Waals surface area contributed by atoms with Gasteiger partial charge in [-0.25, -0.2) is 4.90 Å². The monoisotopic (exact) mass is 234 g/mol. The van der Waals surface area contributed by atoms with Crippen molar-refractivity contribution in [3.63, 3.8) is 0 Å². The van der Waals surface area contributed by atoms with Crippen molar-refractivity contribution in [1.82, 2.24) is 4.90 Å². The third kappa shape index (κ3) is 2.61. The van der Waals surface area contributed by atoms with Gasteiger partial charge in [-0.05, 0) is 31.4 Å². The second kappa shape index (κ2) is 4.95. The van der Waals surface area contributed by atoms with Crippen LogP contribution in [0.1, 0.15) is 29.6 Å². The number of nitrogens with two attached hydrogens (primary N) is 1. The van der Waals surface area contributed by atoms with Gasteiger partial charge in [0.25, 0.3) is 5.91 Å². The fraction of sp³-hybridized carbons (Fsp3) is 0.417. The number of hydrogen-bond donors (Lipinski definition) is 1. The van der Waals surface area contributed by atoms with Crippen molar-refractivity contribution in [2.75, 3.05) is 13.1 Å². The van der Waals surface area contributed by atoms with Crippen molar-refractivity contribution in [3.05, 3.63) is 30.1 Å². The third-order valence-electron chi connectivity index (χ3n) is 2.93. The number of amides is 2. The number of likely N-dealkylation sites (tertiary alicyclic amines) is 1. The molecule has 2 N–H and O–H groups in total. The van der Waals surface area contributed by atoms with Crippen LogP contribution < -0.4 is 10.3 Å². The number of rotatable bonds is 1. The Balaban J connectivity index is 2.18. The summed E-state index contributed by atoms with van der Waals surface area (Å²) < 4.78 is 1.42. The molecule has 2 rings (SSSR count). The predicted molar refractivity (Wildman–Crippen MR) is 61.4 cm³/mol. The summed E-state index contributed by atoms with van der Waals surface area (Å²) >= 11 is 0.